The first kappa shape index (κ1) is 14.8. The highest BCUT2D eigenvalue weighted by molar-refractivity contribution is 5.99. The highest BCUT2D eigenvalue weighted by Gasteiger charge is 2.30. The summed E-state index contributed by atoms with van der Waals surface area (Å²) < 4.78 is 2.10. The minimum absolute atomic E-state index is 0.276. The normalized spacial score (nSPS) is 24.0. The predicted molar refractivity (Wildman–Crippen MR) is 84.9 cm³/mol. The summed E-state index contributed by atoms with van der Waals surface area (Å²) in [6.45, 7) is 9.32. The van der Waals surface area contributed by atoms with Crippen molar-refractivity contribution in [3.05, 3.63) is 23.0 Å². The molecule has 1 aromatic heterocycles. The van der Waals surface area contributed by atoms with Crippen molar-refractivity contribution in [1.82, 2.24) is 14.4 Å². The van der Waals surface area contributed by atoms with E-state index in [9.17, 15) is 4.79 Å². The number of ketones is 1. The number of aromatic nitrogens is 1. The summed E-state index contributed by atoms with van der Waals surface area (Å²) in [4.78, 5) is 17.5. The molecule has 4 heteroatoms. The fourth-order valence-corrected chi connectivity index (χ4v) is 3.79. The molecule has 116 valence electrons. The van der Waals surface area contributed by atoms with Crippen LogP contribution in [-0.4, -0.2) is 58.9 Å². The molecule has 4 nitrogen and oxygen atoms in total. The van der Waals surface area contributed by atoms with E-state index in [1.54, 1.807) is 0 Å². The number of hydrogen-bond acceptors (Lipinski definition) is 3. The lowest BCUT2D eigenvalue weighted by Gasteiger charge is -2.23. The molecule has 0 spiro atoms. The first-order valence-corrected chi connectivity index (χ1v) is 8.19. The van der Waals surface area contributed by atoms with Gasteiger partial charge in [0.15, 0.2) is 5.78 Å². The summed E-state index contributed by atoms with van der Waals surface area (Å²) >= 11 is 0. The average molecular weight is 289 g/mol. The first-order valence-electron chi connectivity index (χ1n) is 8.19. The summed E-state index contributed by atoms with van der Waals surface area (Å²) in [7, 11) is 2.03. The maximum atomic E-state index is 12.5. The fourth-order valence-electron chi connectivity index (χ4n) is 3.79. The monoisotopic (exact) mass is 289 g/mol. The van der Waals surface area contributed by atoms with Crippen LogP contribution in [0.3, 0.4) is 0 Å². The summed E-state index contributed by atoms with van der Waals surface area (Å²) in [6.07, 6.45) is 3.91. The molecule has 2 aliphatic rings. The molecule has 21 heavy (non-hydrogen) atoms. The number of aryl methyl sites for hydroxylation is 1. The molecule has 0 bridgehead atoms. The molecule has 1 aromatic rings. The number of carbonyl (C=O) groups excluding carboxylic acids is 1. The smallest absolute Gasteiger partial charge is 0.178 e. The van der Waals surface area contributed by atoms with Gasteiger partial charge in [-0.25, -0.2) is 0 Å². The quantitative estimate of drug-likeness (QED) is 0.794. The summed E-state index contributed by atoms with van der Waals surface area (Å²) in [5, 5.41) is 0. The van der Waals surface area contributed by atoms with Gasteiger partial charge in [0.1, 0.15) is 0 Å². The van der Waals surface area contributed by atoms with Crippen LogP contribution >= 0.6 is 0 Å². The Morgan fingerprint density at radius 2 is 1.95 bits per heavy atom. The lowest BCUT2D eigenvalue weighted by molar-refractivity contribution is 0.0939. The zero-order chi connectivity index (χ0) is 15.0. The fraction of sp³-hybridized carbons (Fsp3) is 0.706. The molecule has 3 rings (SSSR count). The summed E-state index contributed by atoms with van der Waals surface area (Å²) in [5.41, 5.74) is 3.15. The number of carbonyl (C=O) groups is 1. The second-order valence-corrected chi connectivity index (χ2v) is 6.69. The van der Waals surface area contributed by atoms with Crippen molar-refractivity contribution in [1.29, 1.82) is 0 Å². The van der Waals surface area contributed by atoms with Gasteiger partial charge in [0.05, 0.1) is 6.54 Å². The van der Waals surface area contributed by atoms with E-state index in [-0.39, 0.29) is 5.78 Å². The molecule has 2 fully saturated rings. The van der Waals surface area contributed by atoms with Gasteiger partial charge in [0.25, 0.3) is 0 Å². The number of nitrogens with zero attached hydrogens (tertiary/aromatic N) is 3. The van der Waals surface area contributed by atoms with Crippen LogP contribution in [0.1, 0.15) is 41.0 Å². The topological polar surface area (TPSA) is 28.5 Å². The van der Waals surface area contributed by atoms with Crippen LogP contribution in [0.2, 0.25) is 0 Å². The Morgan fingerprint density at radius 3 is 2.57 bits per heavy atom. The highest BCUT2D eigenvalue weighted by Crippen LogP contribution is 2.21. The SMILES string of the molecule is Cc1cc(C(=O)CN2CCC(N3CCCC3)C2)c(C)n1C. The molecule has 3 heterocycles. The molecule has 0 radical (unpaired) electrons. The number of rotatable bonds is 4. The molecule has 2 saturated heterocycles. The third-order valence-corrected chi connectivity index (χ3v) is 5.35. The third kappa shape index (κ3) is 2.92. The minimum Gasteiger partial charge on any atom is -0.351 e. The number of hydrogen-bond donors (Lipinski definition) is 0. The Balaban J connectivity index is 1.59. The van der Waals surface area contributed by atoms with Crippen LogP contribution < -0.4 is 0 Å². The van der Waals surface area contributed by atoms with Gasteiger partial charge in [-0.1, -0.05) is 0 Å². The Kier molecular flexibility index (Phi) is 4.18. The van der Waals surface area contributed by atoms with Crippen LogP contribution in [-0.2, 0) is 7.05 Å². The van der Waals surface area contributed by atoms with Crippen LogP contribution in [0, 0.1) is 13.8 Å². The summed E-state index contributed by atoms with van der Waals surface area (Å²) in [6, 6.07) is 2.71. The molecule has 0 aromatic carbocycles. The van der Waals surface area contributed by atoms with Gasteiger partial charge in [-0.15, -0.1) is 0 Å². The van der Waals surface area contributed by atoms with E-state index in [4.69, 9.17) is 0 Å². The first-order chi connectivity index (χ1) is 10.1. The van der Waals surface area contributed by atoms with Crippen LogP contribution in [0.4, 0.5) is 0 Å². The maximum Gasteiger partial charge on any atom is 0.178 e. The largest absolute Gasteiger partial charge is 0.351 e. The molecule has 0 amide bonds. The van der Waals surface area contributed by atoms with Gasteiger partial charge in [-0.3, -0.25) is 14.6 Å². The molecule has 1 atom stereocenters. The van der Waals surface area contributed by atoms with E-state index in [0.29, 0.717) is 12.6 Å². The second-order valence-electron chi connectivity index (χ2n) is 6.69. The van der Waals surface area contributed by atoms with Crippen LogP contribution in [0.5, 0.6) is 0 Å². The van der Waals surface area contributed by atoms with Crippen molar-refractivity contribution in [2.45, 2.75) is 39.2 Å². The Morgan fingerprint density at radius 1 is 1.24 bits per heavy atom. The van der Waals surface area contributed by atoms with Gasteiger partial charge < -0.3 is 4.57 Å². The molecular formula is C17H27N3O. The second kappa shape index (κ2) is 5.93. The van der Waals surface area contributed by atoms with Gasteiger partial charge >= 0.3 is 0 Å². The van der Waals surface area contributed by atoms with Crippen molar-refractivity contribution in [3.63, 3.8) is 0 Å². The van der Waals surface area contributed by atoms with E-state index >= 15 is 0 Å². The van der Waals surface area contributed by atoms with E-state index in [1.165, 1.54) is 32.4 Å². The van der Waals surface area contributed by atoms with Gasteiger partial charge in [0.2, 0.25) is 0 Å². The Bertz CT molecular complexity index is 528. The predicted octanol–water partition coefficient (Wildman–Crippen LogP) is 1.99. The zero-order valence-electron chi connectivity index (χ0n) is 13.6. The van der Waals surface area contributed by atoms with Gasteiger partial charge in [-0.05, 0) is 52.3 Å². The van der Waals surface area contributed by atoms with E-state index in [1.807, 2.05) is 20.0 Å². The van der Waals surface area contributed by atoms with Crippen molar-refractivity contribution in [2.75, 3.05) is 32.7 Å². The third-order valence-electron chi connectivity index (χ3n) is 5.35. The minimum atomic E-state index is 0.276. The van der Waals surface area contributed by atoms with Crippen molar-refractivity contribution >= 4 is 5.78 Å². The van der Waals surface area contributed by atoms with Gasteiger partial charge in [0, 0.05) is 43.1 Å². The number of likely N-dealkylation sites (tertiary alicyclic amines) is 2. The molecule has 0 aliphatic carbocycles. The average Bonchev–Trinajstić information content (AvgIpc) is 3.16. The maximum absolute atomic E-state index is 12.5. The van der Waals surface area contributed by atoms with Crippen LogP contribution in [0.15, 0.2) is 6.07 Å². The van der Waals surface area contributed by atoms with Crippen molar-refractivity contribution < 1.29 is 4.79 Å². The van der Waals surface area contributed by atoms with E-state index in [0.717, 1.165) is 30.0 Å². The summed E-state index contributed by atoms with van der Waals surface area (Å²) in [5.74, 6) is 0.276. The molecular weight excluding hydrogens is 262 g/mol. The zero-order valence-corrected chi connectivity index (χ0v) is 13.6. The molecule has 1 unspecified atom stereocenters. The lowest BCUT2D eigenvalue weighted by atomic mass is 10.1. The van der Waals surface area contributed by atoms with Gasteiger partial charge in [-0.2, -0.15) is 0 Å². The number of Topliss-reactive ketones (excluding diaryl/α,β-unsaturated/α-hetero) is 1. The van der Waals surface area contributed by atoms with E-state index < -0.39 is 0 Å². The highest BCUT2D eigenvalue weighted by atomic mass is 16.1. The van der Waals surface area contributed by atoms with Crippen LogP contribution in [0.25, 0.3) is 0 Å². The van der Waals surface area contributed by atoms with E-state index in [2.05, 4.69) is 21.3 Å². The standard InChI is InChI=1S/C17H27N3O/c1-13-10-16(14(2)18(13)3)17(21)12-19-9-6-15(11-19)20-7-4-5-8-20/h10,15H,4-9,11-12H2,1-3H3. The van der Waals surface area contributed by atoms with Crippen molar-refractivity contribution in [3.8, 4) is 0 Å². The Hall–Kier alpha value is -1.13. The Labute approximate surface area is 127 Å². The van der Waals surface area contributed by atoms with Crippen molar-refractivity contribution in [2.24, 2.45) is 7.05 Å². The molecule has 2 aliphatic heterocycles. The lowest BCUT2D eigenvalue weighted by Crippen LogP contribution is -2.36. The molecule has 0 N–H and O–H groups in total. The molecule has 0 saturated carbocycles.